The van der Waals surface area contributed by atoms with Crippen LogP contribution in [-0.2, 0) is 14.2 Å². The van der Waals surface area contributed by atoms with E-state index in [2.05, 4.69) is 0 Å². The van der Waals surface area contributed by atoms with Crippen molar-refractivity contribution in [3.05, 3.63) is 28.5 Å². The lowest BCUT2D eigenvalue weighted by atomic mass is 10.1. The van der Waals surface area contributed by atoms with Gasteiger partial charge in [0.2, 0.25) is 0 Å². The van der Waals surface area contributed by atoms with E-state index >= 15 is 0 Å². The SMILES string of the molecule is CC.CC(C)(C)OC(=O)c1cc(Cl)c(OCC2COC(C)(C)OC2)cc1F. The molecule has 0 N–H and O–H groups in total. The first-order valence-corrected chi connectivity index (χ1v) is 9.48. The Morgan fingerprint density at radius 1 is 1.26 bits per heavy atom. The molecule has 1 aromatic rings. The summed E-state index contributed by atoms with van der Waals surface area (Å²) in [5, 5.41) is 0.139. The fraction of sp³-hybridized carbons (Fsp3) is 0.650. The third-order valence-corrected chi connectivity index (χ3v) is 3.74. The Balaban J connectivity index is 0.00000176. The monoisotopic (exact) mass is 404 g/mol. The summed E-state index contributed by atoms with van der Waals surface area (Å²) in [6.07, 6.45) is 0. The number of esters is 1. The van der Waals surface area contributed by atoms with Gasteiger partial charge in [0.05, 0.1) is 30.4 Å². The van der Waals surface area contributed by atoms with E-state index in [0.29, 0.717) is 13.2 Å². The summed E-state index contributed by atoms with van der Waals surface area (Å²) >= 11 is 6.12. The summed E-state index contributed by atoms with van der Waals surface area (Å²) in [6.45, 7) is 14.0. The third kappa shape index (κ3) is 7.64. The molecule has 0 atom stereocenters. The van der Waals surface area contributed by atoms with E-state index in [-0.39, 0.29) is 28.9 Å². The van der Waals surface area contributed by atoms with Gasteiger partial charge in [-0.15, -0.1) is 0 Å². The molecule has 2 rings (SSSR count). The van der Waals surface area contributed by atoms with Crippen molar-refractivity contribution in [2.75, 3.05) is 19.8 Å². The number of ether oxygens (including phenoxy) is 4. The van der Waals surface area contributed by atoms with Crippen LogP contribution in [0, 0.1) is 11.7 Å². The number of benzene rings is 1. The molecule has 27 heavy (non-hydrogen) atoms. The fourth-order valence-electron chi connectivity index (χ4n) is 2.16. The zero-order chi connectivity index (χ0) is 20.8. The maximum absolute atomic E-state index is 14.2. The van der Waals surface area contributed by atoms with Crippen molar-refractivity contribution in [1.82, 2.24) is 0 Å². The molecule has 0 saturated carbocycles. The van der Waals surface area contributed by atoms with Gasteiger partial charge in [0.25, 0.3) is 0 Å². The molecule has 0 spiro atoms. The molecule has 0 aromatic heterocycles. The first-order valence-electron chi connectivity index (χ1n) is 9.10. The maximum atomic E-state index is 14.2. The number of hydrogen-bond donors (Lipinski definition) is 0. The highest BCUT2D eigenvalue weighted by molar-refractivity contribution is 6.32. The first-order chi connectivity index (χ1) is 12.5. The highest BCUT2D eigenvalue weighted by atomic mass is 35.5. The highest BCUT2D eigenvalue weighted by Gasteiger charge is 2.29. The fourth-order valence-corrected chi connectivity index (χ4v) is 2.38. The molecule has 1 aliphatic rings. The molecule has 0 unspecified atom stereocenters. The van der Waals surface area contributed by atoms with E-state index in [4.69, 9.17) is 30.5 Å². The van der Waals surface area contributed by atoms with Crippen LogP contribution in [0.4, 0.5) is 4.39 Å². The normalized spacial score (nSPS) is 16.9. The Morgan fingerprint density at radius 2 is 1.81 bits per heavy atom. The maximum Gasteiger partial charge on any atom is 0.341 e. The molecular weight excluding hydrogens is 375 g/mol. The number of carbonyl (C=O) groups is 1. The lowest BCUT2D eigenvalue weighted by molar-refractivity contribution is -0.264. The molecule has 0 amide bonds. The minimum absolute atomic E-state index is 0.0117. The lowest BCUT2D eigenvalue weighted by Crippen LogP contribution is -2.41. The average molecular weight is 405 g/mol. The van der Waals surface area contributed by atoms with Gasteiger partial charge in [-0.3, -0.25) is 0 Å². The van der Waals surface area contributed by atoms with E-state index in [1.807, 2.05) is 27.7 Å². The summed E-state index contributed by atoms with van der Waals surface area (Å²) in [7, 11) is 0. The van der Waals surface area contributed by atoms with Gasteiger partial charge in [0.1, 0.15) is 17.2 Å². The molecule has 0 radical (unpaired) electrons. The van der Waals surface area contributed by atoms with E-state index in [9.17, 15) is 9.18 Å². The van der Waals surface area contributed by atoms with Gasteiger partial charge in [-0.05, 0) is 40.7 Å². The minimum Gasteiger partial charge on any atom is -0.491 e. The van der Waals surface area contributed by atoms with Gasteiger partial charge in [-0.25, -0.2) is 9.18 Å². The average Bonchev–Trinajstić information content (AvgIpc) is 2.56. The molecular formula is C20H30ClFO5. The second-order valence-electron chi connectivity index (χ2n) is 7.46. The van der Waals surface area contributed by atoms with Gasteiger partial charge in [0.15, 0.2) is 5.79 Å². The van der Waals surface area contributed by atoms with Crippen LogP contribution in [-0.4, -0.2) is 37.2 Å². The molecule has 7 heteroatoms. The molecule has 1 aliphatic heterocycles. The van der Waals surface area contributed by atoms with Crippen LogP contribution < -0.4 is 4.74 Å². The summed E-state index contributed by atoms with van der Waals surface area (Å²) in [5.41, 5.74) is -0.946. The molecule has 0 aliphatic carbocycles. The topological polar surface area (TPSA) is 54.0 Å². The second-order valence-corrected chi connectivity index (χ2v) is 7.87. The van der Waals surface area contributed by atoms with E-state index in [0.717, 1.165) is 6.07 Å². The van der Waals surface area contributed by atoms with Crippen LogP contribution in [0.1, 0.15) is 58.8 Å². The zero-order valence-corrected chi connectivity index (χ0v) is 17.9. The van der Waals surface area contributed by atoms with Crippen LogP contribution in [0.25, 0.3) is 0 Å². The third-order valence-electron chi connectivity index (χ3n) is 3.45. The van der Waals surface area contributed by atoms with Crippen LogP contribution in [0.15, 0.2) is 12.1 Å². The molecule has 0 bridgehead atoms. The first kappa shape index (κ1) is 23.7. The quantitative estimate of drug-likeness (QED) is 0.642. The van der Waals surface area contributed by atoms with Crippen molar-refractivity contribution >= 4 is 17.6 Å². The molecule has 1 heterocycles. The van der Waals surface area contributed by atoms with Crippen molar-refractivity contribution in [2.24, 2.45) is 5.92 Å². The zero-order valence-electron chi connectivity index (χ0n) is 17.2. The highest BCUT2D eigenvalue weighted by Crippen LogP contribution is 2.30. The van der Waals surface area contributed by atoms with Crippen LogP contribution in [0.3, 0.4) is 0 Å². The Labute approximate surface area is 166 Å². The van der Waals surface area contributed by atoms with E-state index < -0.39 is 23.2 Å². The minimum atomic E-state index is -0.769. The standard InChI is InChI=1S/C18H24ClFO5.C2H6/c1-17(2,3)25-16(21)12-6-13(19)15(7-14(12)20)22-8-11-9-23-18(4,5)24-10-11;1-2/h6-7,11H,8-10H2,1-5H3;1-2H3. The Bertz CT molecular complexity index is 630. The van der Waals surface area contributed by atoms with E-state index in [1.54, 1.807) is 20.8 Å². The van der Waals surface area contributed by atoms with Gasteiger partial charge in [-0.1, -0.05) is 25.4 Å². The molecule has 1 aromatic carbocycles. The lowest BCUT2D eigenvalue weighted by Gasteiger charge is -2.34. The number of hydrogen-bond acceptors (Lipinski definition) is 5. The Hall–Kier alpha value is -1.37. The number of rotatable bonds is 4. The van der Waals surface area contributed by atoms with Gasteiger partial charge in [-0.2, -0.15) is 0 Å². The van der Waals surface area contributed by atoms with Crippen molar-refractivity contribution < 1.29 is 28.1 Å². The molecule has 1 saturated heterocycles. The van der Waals surface area contributed by atoms with Gasteiger partial charge < -0.3 is 18.9 Å². The number of carbonyl (C=O) groups excluding carboxylic acids is 1. The summed E-state index contributed by atoms with van der Waals surface area (Å²) in [4.78, 5) is 12.0. The molecule has 154 valence electrons. The molecule has 1 fully saturated rings. The van der Waals surface area contributed by atoms with E-state index in [1.165, 1.54) is 6.07 Å². The predicted molar refractivity (Wildman–Crippen MR) is 103 cm³/mol. The Morgan fingerprint density at radius 3 is 2.33 bits per heavy atom. The van der Waals surface area contributed by atoms with Crippen molar-refractivity contribution in [3.8, 4) is 5.75 Å². The van der Waals surface area contributed by atoms with Crippen molar-refractivity contribution in [2.45, 2.75) is 59.9 Å². The number of halogens is 2. The predicted octanol–water partition coefficient (Wildman–Crippen LogP) is 5.24. The van der Waals surface area contributed by atoms with Gasteiger partial charge in [0, 0.05) is 12.0 Å². The Kier molecular flexibility index (Phi) is 8.51. The van der Waals surface area contributed by atoms with Crippen LogP contribution in [0.2, 0.25) is 5.02 Å². The van der Waals surface area contributed by atoms with Crippen LogP contribution in [0.5, 0.6) is 5.75 Å². The summed E-state index contributed by atoms with van der Waals surface area (Å²) < 4.78 is 36.1. The molecule has 5 nitrogen and oxygen atoms in total. The van der Waals surface area contributed by atoms with Crippen LogP contribution >= 0.6 is 11.6 Å². The van der Waals surface area contributed by atoms with Crippen molar-refractivity contribution in [1.29, 1.82) is 0 Å². The summed E-state index contributed by atoms with van der Waals surface area (Å²) in [6, 6.07) is 2.31. The largest absolute Gasteiger partial charge is 0.491 e. The second kappa shape index (κ2) is 9.71. The van der Waals surface area contributed by atoms with Gasteiger partial charge >= 0.3 is 5.97 Å². The van der Waals surface area contributed by atoms with Crippen molar-refractivity contribution in [3.63, 3.8) is 0 Å². The smallest absolute Gasteiger partial charge is 0.341 e. The summed E-state index contributed by atoms with van der Waals surface area (Å²) in [5.74, 6) is -1.94.